The summed E-state index contributed by atoms with van der Waals surface area (Å²) in [6, 6.07) is 23.5. The Morgan fingerprint density at radius 1 is 0.636 bits per heavy atom. The highest BCUT2D eigenvalue weighted by Crippen LogP contribution is 2.30. The lowest BCUT2D eigenvalue weighted by Crippen LogP contribution is -2.02. The van der Waals surface area contributed by atoms with Gasteiger partial charge in [-0.1, -0.05) is 60.7 Å². The summed E-state index contributed by atoms with van der Waals surface area (Å²) in [5.74, 6) is 0.799. The van der Waals surface area contributed by atoms with E-state index in [1.165, 1.54) is 12.2 Å². The SMILES string of the molecule is COc1ccc2ccccc2c1/C=C/C(=O)CC(=O)/C=C/c1c(OC)ccc2ccccc12. The van der Waals surface area contributed by atoms with E-state index < -0.39 is 0 Å². The fraction of sp³-hybridized carbons (Fsp3) is 0.103. The van der Waals surface area contributed by atoms with Gasteiger partial charge in [-0.15, -0.1) is 0 Å². The van der Waals surface area contributed by atoms with Gasteiger partial charge in [-0.05, 0) is 58.0 Å². The third-order valence-corrected chi connectivity index (χ3v) is 5.52. The third kappa shape index (κ3) is 4.85. The number of allylic oxidation sites excluding steroid dienone is 2. The van der Waals surface area contributed by atoms with Gasteiger partial charge in [-0.3, -0.25) is 9.59 Å². The molecule has 0 saturated heterocycles. The Morgan fingerprint density at radius 3 is 1.48 bits per heavy atom. The lowest BCUT2D eigenvalue weighted by Gasteiger charge is -2.09. The number of fused-ring (bicyclic) bond motifs is 2. The van der Waals surface area contributed by atoms with Crippen molar-refractivity contribution < 1.29 is 19.1 Å². The van der Waals surface area contributed by atoms with Crippen molar-refractivity contribution in [2.24, 2.45) is 0 Å². The van der Waals surface area contributed by atoms with Crippen molar-refractivity contribution in [1.82, 2.24) is 0 Å². The molecule has 0 heterocycles. The minimum absolute atomic E-state index is 0.215. The molecular formula is C29H24O4. The van der Waals surface area contributed by atoms with Crippen LogP contribution in [0, 0.1) is 0 Å². The van der Waals surface area contributed by atoms with E-state index in [0.29, 0.717) is 11.5 Å². The van der Waals surface area contributed by atoms with Gasteiger partial charge in [0.05, 0.1) is 20.6 Å². The summed E-state index contributed by atoms with van der Waals surface area (Å²) < 4.78 is 10.9. The summed E-state index contributed by atoms with van der Waals surface area (Å²) in [5.41, 5.74) is 1.62. The van der Waals surface area contributed by atoms with E-state index >= 15 is 0 Å². The second-order valence-corrected chi connectivity index (χ2v) is 7.58. The molecule has 0 radical (unpaired) electrons. The fourth-order valence-corrected chi connectivity index (χ4v) is 3.89. The van der Waals surface area contributed by atoms with Gasteiger partial charge >= 0.3 is 0 Å². The molecule has 0 N–H and O–H groups in total. The van der Waals surface area contributed by atoms with Crippen molar-refractivity contribution in [3.05, 3.63) is 96.1 Å². The number of methoxy groups -OCH3 is 2. The normalized spacial score (nSPS) is 11.5. The summed E-state index contributed by atoms with van der Waals surface area (Å²) in [5, 5.41) is 4.06. The number of benzene rings is 4. The molecule has 164 valence electrons. The first kappa shape index (κ1) is 22.0. The number of hydrogen-bond donors (Lipinski definition) is 0. The fourth-order valence-electron chi connectivity index (χ4n) is 3.89. The van der Waals surface area contributed by atoms with E-state index in [1.807, 2.05) is 72.8 Å². The van der Waals surface area contributed by atoms with Crippen LogP contribution in [0.4, 0.5) is 0 Å². The van der Waals surface area contributed by atoms with Crippen LogP contribution >= 0.6 is 0 Å². The van der Waals surface area contributed by atoms with Gasteiger partial charge in [0.15, 0.2) is 11.6 Å². The van der Waals surface area contributed by atoms with E-state index in [0.717, 1.165) is 32.7 Å². The summed E-state index contributed by atoms with van der Waals surface area (Å²) in [6.07, 6.45) is 6.10. The van der Waals surface area contributed by atoms with Crippen LogP contribution in [0.5, 0.6) is 11.5 Å². The number of ketones is 2. The van der Waals surface area contributed by atoms with Crippen molar-refractivity contribution in [2.45, 2.75) is 6.42 Å². The number of carbonyl (C=O) groups is 2. The van der Waals surface area contributed by atoms with E-state index in [9.17, 15) is 9.59 Å². The first-order valence-corrected chi connectivity index (χ1v) is 10.6. The van der Waals surface area contributed by atoms with Crippen molar-refractivity contribution in [1.29, 1.82) is 0 Å². The van der Waals surface area contributed by atoms with Gasteiger partial charge in [-0.25, -0.2) is 0 Å². The molecule has 0 amide bonds. The van der Waals surface area contributed by atoms with Crippen LogP contribution in [0.3, 0.4) is 0 Å². The van der Waals surface area contributed by atoms with Crippen LogP contribution in [0.1, 0.15) is 17.5 Å². The molecule has 33 heavy (non-hydrogen) atoms. The largest absolute Gasteiger partial charge is 0.496 e. The third-order valence-electron chi connectivity index (χ3n) is 5.52. The molecular weight excluding hydrogens is 412 g/mol. The Kier molecular flexibility index (Phi) is 6.65. The molecule has 4 heteroatoms. The molecule has 0 saturated carbocycles. The van der Waals surface area contributed by atoms with Crippen LogP contribution in [0.25, 0.3) is 33.7 Å². The first-order chi connectivity index (χ1) is 16.1. The average molecular weight is 437 g/mol. The second-order valence-electron chi connectivity index (χ2n) is 7.58. The smallest absolute Gasteiger partial charge is 0.163 e. The van der Waals surface area contributed by atoms with E-state index in [-0.39, 0.29) is 18.0 Å². The van der Waals surface area contributed by atoms with Gasteiger partial charge in [0.2, 0.25) is 0 Å². The summed E-state index contributed by atoms with van der Waals surface area (Å²) in [6.45, 7) is 0. The summed E-state index contributed by atoms with van der Waals surface area (Å²) in [7, 11) is 3.19. The molecule has 0 fully saturated rings. The monoisotopic (exact) mass is 436 g/mol. The highest BCUT2D eigenvalue weighted by atomic mass is 16.5. The van der Waals surface area contributed by atoms with Gasteiger partial charge in [-0.2, -0.15) is 0 Å². The zero-order valence-corrected chi connectivity index (χ0v) is 18.6. The van der Waals surface area contributed by atoms with Crippen LogP contribution in [0.15, 0.2) is 84.9 Å². The Hall–Kier alpha value is -4.18. The first-order valence-electron chi connectivity index (χ1n) is 10.6. The van der Waals surface area contributed by atoms with Crippen molar-refractivity contribution in [3.8, 4) is 11.5 Å². The summed E-state index contributed by atoms with van der Waals surface area (Å²) in [4.78, 5) is 25.0. The zero-order chi connectivity index (χ0) is 23.2. The average Bonchev–Trinajstić information content (AvgIpc) is 2.85. The van der Waals surface area contributed by atoms with Gasteiger partial charge in [0, 0.05) is 11.1 Å². The Bertz CT molecular complexity index is 1290. The number of ether oxygens (including phenoxy) is 2. The van der Waals surface area contributed by atoms with Crippen molar-refractivity contribution >= 4 is 45.3 Å². The van der Waals surface area contributed by atoms with E-state index in [1.54, 1.807) is 26.4 Å². The van der Waals surface area contributed by atoms with Crippen LogP contribution in [0.2, 0.25) is 0 Å². The lowest BCUT2D eigenvalue weighted by atomic mass is 10.0. The number of hydrogen-bond acceptors (Lipinski definition) is 4. The van der Waals surface area contributed by atoms with Gasteiger partial charge < -0.3 is 9.47 Å². The lowest BCUT2D eigenvalue weighted by molar-refractivity contribution is -0.121. The Morgan fingerprint density at radius 2 is 1.06 bits per heavy atom. The maximum absolute atomic E-state index is 12.5. The molecule has 0 unspecified atom stereocenters. The molecule has 0 bridgehead atoms. The molecule has 0 aromatic heterocycles. The molecule has 0 spiro atoms. The Balaban J connectivity index is 1.52. The predicted octanol–water partition coefficient (Wildman–Crippen LogP) is 6.27. The van der Waals surface area contributed by atoms with Crippen molar-refractivity contribution in [3.63, 3.8) is 0 Å². The summed E-state index contributed by atoms with van der Waals surface area (Å²) >= 11 is 0. The molecule has 4 aromatic rings. The van der Waals surface area contributed by atoms with Gasteiger partial charge in [0.1, 0.15) is 11.5 Å². The zero-order valence-electron chi connectivity index (χ0n) is 18.6. The van der Waals surface area contributed by atoms with Crippen molar-refractivity contribution in [2.75, 3.05) is 14.2 Å². The molecule has 0 aliphatic carbocycles. The molecule has 0 aliphatic heterocycles. The Labute approximate surface area is 192 Å². The minimum Gasteiger partial charge on any atom is -0.496 e. The highest BCUT2D eigenvalue weighted by molar-refractivity contribution is 6.12. The highest BCUT2D eigenvalue weighted by Gasteiger charge is 2.09. The van der Waals surface area contributed by atoms with E-state index in [4.69, 9.17) is 9.47 Å². The molecule has 4 aromatic carbocycles. The van der Waals surface area contributed by atoms with E-state index in [2.05, 4.69) is 0 Å². The number of rotatable bonds is 8. The van der Waals surface area contributed by atoms with Gasteiger partial charge in [0.25, 0.3) is 0 Å². The predicted molar refractivity (Wildman–Crippen MR) is 134 cm³/mol. The quantitative estimate of drug-likeness (QED) is 0.241. The van der Waals surface area contributed by atoms with Crippen LogP contribution in [-0.2, 0) is 9.59 Å². The standard InChI is InChI=1S/C29H24O4/c1-32-28-17-11-20-7-3-5-9-24(20)26(28)15-13-22(30)19-23(31)14-16-27-25-10-6-4-8-21(25)12-18-29(27)33-2/h3-18H,19H2,1-2H3/b15-13+,16-14+. The maximum Gasteiger partial charge on any atom is 0.163 e. The van der Waals surface area contributed by atoms with Crippen LogP contribution < -0.4 is 9.47 Å². The molecule has 4 nitrogen and oxygen atoms in total. The second kappa shape index (κ2) is 9.96. The molecule has 4 rings (SSSR count). The molecule has 0 aliphatic rings. The minimum atomic E-state index is -0.274. The topological polar surface area (TPSA) is 52.6 Å². The molecule has 0 atom stereocenters. The van der Waals surface area contributed by atoms with Crippen LogP contribution in [-0.4, -0.2) is 25.8 Å². The number of carbonyl (C=O) groups excluding carboxylic acids is 2. The maximum atomic E-state index is 12.5.